The van der Waals surface area contributed by atoms with Crippen LogP contribution in [-0.4, -0.2) is 0 Å². The van der Waals surface area contributed by atoms with Crippen molar-refractivity contribution in [3.8, 4) is 0 Å². The summed E-state index contributed by atoms with van der Waals surface area (Å²) in [4.78, 5) is 0. The quantitative estimate of drug-likeness (QED) is 0.657. The minimum atomic E-state index is -4.39. The van der Waals surface area contributed by atoms with Crippen molar-refractivity contribution in [2.75, 3.05) is 0 Å². The lowest BCUT2D eigenvalue weighted by Gasteiger charge is -2.19. The van der Waals surface area contributed by atoms with Crippen LogP contribution in [0.1, 0.15) is 28.3 Å². The molecule has 0 aliphatic rings. The largest absolute Gasteiger partial charge is 0.416 e. The van der Waals surface area contributed by atoms with Crippen molar-refractivity contribution < 1.29 is 13.2 Å². The fourth-order valence-corrected chi connectivity index (χ4v) is 2.51. The lowest BCUT2D eigenvalue weighted by Crippen LogP contribution is -2.29. The summed E-state index contributed by atoms with van der Waals surface area (Å²) in [7, 11) is 0. The van der Waals surface area contributed by atoms with Crippen LogP contribution in [0.4, 0.5) is 13.2 Å². The summed E-state index contributed by atoms with van der Waals surface area (Å²) in [6.45, 7) is 1.86. The standard InChI is InChI=1S/C15H14ClF3N2/c1-9-5-11(8-13(16)6-9)14(21-20)10-3-2-4-12(7-10)15(17,18)19/h2-8,14,21H,20H2,1H3. The van der Waals surface area contributed by atoms with Crippen molar-refractivity contribution in [2.24, 2.45) is 5.84 Å². The molecule has 3 N–H and O–H groups in total. The maximum Gasteiger partial charge on any atom is 0.416 e. The maximum absolute atomic E-state index is 12.8. The molecule has 21 heavy (non-hydrogen) atoms. The van der Waals surface area contributed by atoms with E-state index in [0.717, 1.165) is 17.7 Å². The summed E-state index contributed by atoms with van der Waals surface area (Å²) in [5.41, 5.74) is 3.87. The number of aryl methyl sites for hydroxylation is 1. The number of hydrogen-bond donors (Lipinski definition) is 2. The van der Waals surface area contributed by atoms with Crippen LogP contribution in [0.3, 0.4) is 0 Å². The molecule has 2 aromatic carbocycles. The molecule has 1 unspecified atom stereocenters. The summed E-state index contributed by atoms with van der Waals surface area (Å²) in [5, 5.41) is 0.511. The monoisotopic (exact) mass is 314 g/mol. The Morgan fingerprint density at radius 1 is 1.10 bits per heavy atom. The third kappa shape index (κ3) is 3.75. The molecule has 1 atom stereocenters. The van der Waals surface area contributed by atoms with Crippen molar-refractivity contribution in [1.82, 2.24) is 5.43 Å². The minimum absolute atomic E-state index is 0.425. The molecule has 2 nitrogen and oxygen atoms in total. The average Bonchev–Trinajstić information content (AvgIpc) is 2.38. The van der Waals surface area contributed by atoms with Crippen LogP contribution in [0.5, 0.6) is 0 Å². The Balaban J connectivity index is 2.46. The molecule has 0 aliphatic heterocycles. The predicted molar refractivity (Wildman–Crippen MR) is 76.8 cm³/mol. The summed E-state index contributed by atoms with van der Waals surface area (Å²) < 4.78 is 38.4. The molecule has 0 radical (unpaired) electrons. The third-order valence-electron chi connectivity index (χ3n) is 3.11. The second-order valence-corrected chi connectivity index (χ2v) is 5.22. The van der Waals surface area contributed by atoms with E-state index in [1.165, 1.54) is 6.07 Å². The second kappa shape index (κ2) is 6.05. The third-order valence-corrected chi connectivity index (χ3v) is 3.33. The van der Waals surface area contributed by atoms with Gasteiger partial charge in [-0.05, 0) is 47.9 Å². The maximum atomic E-state index is 12.8. The zero-order valence-corrected chi connectivity index (χ0v) is 12.0. The fourth-order valence-electron chi connectivity index (χ4n) is 2.21. The summed E-state index contributed by atoms with van der Waals surface area (Å²) in [6.07, 6.45) is -4.39. The van der Waals surface area contributed by atoms with Gasteiger partial charge in [0.05, 0.1) is 11.6 Å². The van der Waals surface area contributed by atoms with Gasteiger partial charge in [-0.2, -0.15) is 13.2 Å². The van der Waals surface area contributed by atoms with E-state index in [4.69, 9.17) is 17.4 Å². The first-order chi connectivity index (χ1) is 9.81. The number of alkyl halides is 3. The predicted octanol–water partition coefficient (Wildman–Crippen LogP) is 4.22. The van der Waals surface area contributed by atoms with Gasteiger partial charge in [0.2, 0.25) is 0 Å². The van der Waals surface area contributed by atoms with Crippen molar-refractivity contribution >= 4 is 11.6 Å². The summed E-state index contributed by atoms with van der Waals surface area (Å²) in [6, 6.07) is 9.78. The molecular formula is C15H14ClF3N2. The first-order valence-corrected chi connectivity index (χ1v) is 6.59. The van der Waals surface area contributed by atoms with Crippen LogP contribution >= 0.6 is 11.6 Å². The van der Waals surface area contributed by atoms with Gasteiger partial charge in [0, 0.05) is 5.02 Å². The lowest BCUT2D eigenvalue weighted by atomic mass is 9.96. The molecule has 2 rings (SSSR count). The number of rotatable bonds is 3. The van der Waals surface area contributed by atoms with Gasteiger partial charge in [-0.3, -0.25) is 5.84 Å². The highest BCUT2D eigenvalue weighted by atomic mass is 35.5. The van der Waals surface area contributed by atoms with Crippen LogP contribution in [-0.2, 0) is 6.18 Å². The highest BCUT2D eigenvalue weighted by Crippen LogP contribution is 2.32. The zero-order valence-electron chi connectivity index (χ0n) is 11.2. The minimum Gasteiger partial charge on any atom is -0.271 e. The summed E-state index contributed by atoms with van der Waals surface area (Å²) >= 11 is 5.99. The molecule has 0 aliphatic carbocycles. The van der Waals surface area contributed by atoms with Gasteiger partial charge in [0.25, 0.3) is 0 Å². The zero-order chi connectivity index (χ0) is 15.6. The highest BCUT2D eigenvalue weighted by molar-refractivity contribution is 6.30. The van der Waals surface area contributed by atoms with E-state index in [9.17, 15) is 13.2 Å². The van der Waals surface area contributed by atoms with Crippen LogP contribution in [0.15, 0.2) is 42.5 Å². The molecule has 0 spiro atoms. The van der Waals surface area contributed by atoms with E-state index in [1.807, 2.05) is 13.0 Å². The first-order valence-electron chi connectivity index (χ1n) is 6.21. The number of hydrazine groups is 1. The Bertz CT molecular complexity index is 621. The van der Waals surface area contributed by atoms with E-state index in [0.29, 0.717) is 16.1 Å². The molecule has 0 bridgehead atoms. The molecule has 0 saturated heterocycles. The van der Waals surface area contributed by atoms with Gasteiger partial charge in [-0.1, -0.05) is 29.8 Å². The molecule has 112 valence electrons. The van der Waals surface area contributed by atoms with Crippen molar-refractivity contribution in [3.05, 3.63) is 69.7 Å². The number of halogens is 4. The highest BCUT2D eigenvalue weighted by Gasteiger charge is 2.31. The number of benzene rings is 2. The average molecular weight is 315 g/mol. The molecule has 2 aromatic rings. The van der Waals surface area contributed by atoms with Gasteiger partial charge >= 0.3 is 6.18 Å². The van der Waals surface area contributed by atoms with Gasteiger partial charge < -0.3 is 0 Å². The van der Waals surface area contributed by atoms with Gasteiger partial charge in [0.1, 0.15) is 0 Å². The second-order valence-electron chi connectivity index (χ2n) is 4.78. The van der Waals surface area contributed by atoms with E-state index in [2.05, 4.69) is 5.43 Å². The van der Waals surface area contributed by atoms with Crippen molar-refractivity contribution in [3.63, 3.8) is 0 Å². The van der Waals surface area contributed by atoms with Crippen LogP contribution in [0, 0.1) is 6.92 Å². The van der Waals surface area contributed by atoms with E-state index >= 15 is 0 Å². The Labute approximate surface area is 125 Å². The molecule has 0 saturated carbocycles. The van der Waals surface area contributed by atoms with Gasteiger partial charge in [-0.25, -0.2) is 5.43 Å². The molecule has 0 amide bonds. The Morgan fingerprint density at radius 2 is 1.81 bits per heavy atom. The Hall–Kier alpha value is -1.56. The Morgan fingerprint density at radius 3 is 2.38 bits per heavy atom. The first kappa shape index (κ1) is 15.8. The lowest BCUT2D eigenvalue weighted by molar-refractivity contribution is -0.137. The SMILES string of the molecule is Cc1cc(Cl)cc(C(NN)c2cccc(C(F)(F)F)c2)c1. The topological polar surface area (TPSA) is 38.0 Å². The van der Waals surface area contributed by atoms with Gasteiger partial charge in [0.15, 0.2) is 0 Å². The fraction of sp³-hybridized carbons (Fsp3) is 0.200. The Kier molecular flexibility index (Phi) is 4.56. The normalized spacial score (nSPS) is 13.2. The van der Waals surface area contributed by atoms with Gasteiger partial charge in [-0.15, -0.1) is 0 Å². The van der Waals surface area contributed by atoms with Crippen LogP contribution in [0.25, 0.3) is 0 Å². The van der Waals surface area contributed by atoms with Crippen molar-refractivity contribution in [1.29, 1.82) is 0 Å². The molecule has 0 fully saturated rings. The molecule has 0 heterocycles. The number of hydrogen-bond acceptors (Lipinski definition) is 2. The van der Waals surface area contributed by atoms with Crippen LogP contribution < -0.4 is 11.3 Å². The molecular weight excluding hydrogens is 301 g/mol. The molecule has 6 heteroatoms. The molecule has 0 aromatic heterocycles. The number of nitrogens with two attached hydrogens (primary N) is 1. The smallest absolute Gasteiger partial charge is 0.271 e. The van der Waals surface area contributed by atoms with E-state index in [-0.39, 0.29) is 0 Å². The van der Waals surface area contributed by atoms with Crippen LogP contribution in [0.2, 0.25) is 5.02 Å². The summed E-state index contributed by atoms with van der Waals surface area (Å²) in [5.74, 6) is 5.52. The van der Waals surface area contributed by atoms with Crippen molar-refractivity contribution in [2.45, 2.75) is 19.1 Å². The number of nitrogens with one attached hydrogen (secondary N) is 1. The van der Waals surface area contributed by atoms with E-state index in [1.54, 1.807) is 18.2 Å². The van der Waals surface area contributed by atoms with E-state index < -0.39 is 17.8 Å².